The molecule has 2 rings (SSSR count). The molecular formula is C20H25ClN2O2. The largest absolute Gasteiger partial charge is 0.497 e. The number of hydrogen-bond donors (Lipinski definition) is 1. The van der Waals surface area contributed by atoms with E-state index in [1.165, 1.54) is 0 Å². The van der Waals surface area contributed by atoms with Crippen molar-refractivity contribution in [1.82, 2.24) is 10.2 Å². The summed E-state index contributed by atoms with van der Waals surface area (Å²) >= 11 is 6.00. The predicted molar refractivity (Wildman–Crippen MR) is 102 cm³/mol. The fourth-order valence-corrected chi connectivity index (χ4v) is 2.99. The summed E-state index contributed by atoms with van der Waals surface area (Å²) in [5, 5.41) is 3.75. The van der Waals surface area contributed by atoms with Gasteiger partial charge >= 0.3 is 0 Å². The van der Waals surface area contributed by atoms with Gasteiger partial charge in [0.25, 0.3) is 5.91 Å². The van der Waals surface area contributed by atoms with Gasteiger partial charge in [-0.25, -0.2) is 0 Å². The van der Waals surface area contributed by atoms with Crippen molar-refractivity contribution >= 4 is 17.5 Å². The SMILES string of the molecule is CCN(CC)C(CNC(=O)c1cccc(OC)c1)c1ccc(Cl)cc1. The molecular weight excluding hydrogens is 336 g/mol. The topological polar surface area (TPSA) is 41.6 Å². The fraction of sp³-hybridized carbons (Fsp3) is 0.350. The van der Waals surface area contributed by atoms with Gasteiger partial charge in [0.1, 0.15) is 5.75 Å². The zero-order valence-corrected chi connectivity index (χ0v) is 15.7. The predicted octanol–water partition coefficient (Wildman–Crippen LogP) is 4.16. The molecule has 2 aromatic rings. The number of rotatable bonds is 8. The lowest BCUT2D eigenvalue weighted by Crippen LogP contribution is -2.38. The van der Waals surface area contributed by atoms with Crippen LogP contribution in [0.25, 0.3) is 0 Å². The summed E-state index contributed by atoms with van der Waals surface area (Å²) in [4.78, 5) is 14.8. The first-order valence-corrected chi connectivity index (χ1v) is 8.88. The van der Waals surface area contributed by atoms with Gasteiger partial charge in [0.2, 0.25) is 0 Å². The van der Waals surface area contributed by atoms with Crippen LogP contribution >= 0.6 is 11.6 Å². The second-order valence-electron chi connectivity index (χ2n) is 5.73. The highest BCUT2D eigenvalue weighted by Gasteiger charge is 2.19. The van der Waals surface area contributed by atoms with Gasteiger partial charge in [-0.2, -0.15) is 0 Å². The van der Waals surface area contributed by atoms with Crippen LogP contribution in [0.15, 0.2) is 48.5 Å². The Morgan fingerprint density at radius 2 is 1.84 bits per heavy atom. The van der Waals surface area contributed by atoms with Gasteiger partial charge in [-0.15, -0.1) is 0 Å². The lowest BCUT2D eigenvalue weighted by atomic mass is 10.0. The van der Waals surface area contributed by atoms with Crippen LogP contribution in [0.1, 0.15) is 35.8 Å². The van der Waals surface area contributed by atoms with Gasteiger partial charge in [0, 0.05) is 17.1 Å². The van der Waals surface area contributed by atoms with Crippen molar-refractivity contribution in [2.24, 2.45) is 0 Å². The van der Waals surface area contributed by atoms with Crippen LogP contribution < -0.4 is 10.1 Å². The summed E-state index contributed by atoms with van der Waals surface area (Å²) < 4.78 is 5.18. The Morgan fingerprint density at radius 3 is 2.44 bits per heavy atom. The average molecular weight is 361 g/mol. The first kappa shape index (κ1) is 19.3. The highest BCUT2D eigenvalue weighted by atomic mass is 35.5. The smallest absolute Gasteiger partial charge is 0.251 e. The van der Waals surface area contributed by atoms with Gasteiger partial charge in [0.15, 0.2) is 0 Å². The number of carbonyl (C=O) groups is 1. The Bertz CT molecular complexity index is 684. The Morgan fingerprint density at radius 1 is 1.16 bits per heavy atom. The van der Waals surface area contributed by atoms with Gasteiger partial charge in [-0.05, 0) is 49.0 Å². The van der Waals surface area contributed by atoms with E-state index in [4.69, 9.17) is 16.3 Å². The van der Waals surface area contributed by atoms with Crippen LogP contribution in [-0.4, -0.2) is 37.6 Å². The van der Waals surface area contributed by atoms with Crippen LogP contribution in [0.5, 0.6) is 5.75 Å². The lowest BCUT2D eigenvalue weighted by Gasteiger charge is -2.30. The number of ether oxygens (including phenoxy) is 1. The third-order valence-corrected chi connectivity index (χ3v) is 4.55. The quantitative estimate of drug-likeness (QED) is 0.768. The molecule has 5 heteroatoms. The molecule has 0 aliphatic carbocycles. The highest BCUT2D eigenvalue weighted by Crippen LogP contribution is 2.22. The Labute approximate surface area is 154 Å². The summed E-state index contributed by atoms with van der Waals surface area (Å²) in [6, 6.07) is 15.1. The molecule has 0 spiro atoms. The minimum atomic E-state index is -0.106. The average Bonchev–Trinajstić information content (AvgIpc) is 2.65. The minimum Gasteiger partial charge on any atom is -0.497 e. The van der Waals surface area contributed by atoms with Crippen molar-refractivity contribution in [2.75, 3.05) is 26.7 Å². The summed E-state index contributed by atoms with van der Waals surface area (Å²) in [6.45, 7) is 6.57. The third-order valence-electron chi connectivity index (χ3n) is 4.30. The Kier molecular flexibility index (Phi) is 7.29. The van der Waals surface area contributed by atoms with Crippen LogP contribution in [0, 0.1) is 0 Å². The number of carbonyl (C=O) groups excluding carboxylic acids is 1. The zero-order chi connectivity index (χ0) is 18.2. The molecule has 134 valence electrons. The third kappa shape index (κ3) is 5.21. The van der Waals surface area contributed by atoms with Crippen LogP contribution in [0.4, 0.5) is 0 Å². The molecule has 1 amide bonds. The Hall–Kier alpha value is -2.04. The highest BCUT2D eigenvalue weighted by molar-refractivity contribution is 6.30. The van der Waals surface area contributed by atoms with E-state index >= 15 is 0 Å². The lowest BCUT2D eigenvalue weighted by molar-refractivity contribution is 0.0934. The molecule has 1 unspecified atom stereocenters. The summed E-state index contributed by atoms with van der Waals surface area (Å²) in [5.41, 5.74) is 1.73. The molecule has 0 fully saturated rings. The molecule has 0 bridgehead atoms. The van der Waals surface area contributed by atoms with E-state index in [1.807, 2.05) is 36.4 Å². The first-order valence-electron chi connectivity index (χ1n) is 8.50. The van der Waals surface area contributed by atoms with Crippen molar-refractivity contribution < 1.29 is 9.53 Å². The summed E-state index contributed by atoms with van der Waals surface area (Å²) in [6.07, 6.45) is 0. The second kappa shape index (κ2) is 9.44. The van der Waals surface area contributed by atoms with Gasteiger partial charge in [0.05, 0.1) is 13.2 Å². The number of likely N-dealkylation sites (N-methyl/N-ethyl adjacent to an activating group) is 1. The first-order chi connectivity index (χ1) is 12.1. The standard InChI is InChI=1S/C20H25ClN2O2/c1-4-23(5-2)19(15-9-11-17(21)12-10-15)14-22-20(24)16-7-6-8-18(13-16)25-3/h6-13,19H,4-5,14H2,1-3H3,(H,22,24). The van der Waals surface area contributed by atoms with Crippen molar-refractivity contribution in [3.05, 3.63) is 64.7 Å². The van der Waals surface area contributed by atoms with Crippen molar-refractivity contribution in [1.29, 1.82) is 0 Å². The van der Waals surface area contributed by atoms with Crippen molar-refractivity contribution in [3.63, 3.8) is 0 Å². The molecule has 0 radical (unpaired) electrons. The van der Waals surface area contributed by atoms with Gasteiger partial charge < -0.3 is 10.1 Å². The number of methoxy groups -OCH3 is 1. The van der Waals surface area contributed by atoms with E-state index in [0.717, 1.165) is 18.7 Å². The van der Waals surface area contributed by atoms with E-state index in [-0.39, 0.29) is 11.9 Å². The maximum atomic E-state index is 12.5. The Balaban J connectivity index is 2.13. The van der Waals surface area contributed by atoms with E-state index < -0.39 is 0 Å². The van der Waals surface area contributed by atoms with Crippen LogP contribution in [-0.2, 0) is 0 Å². The number of amides is 1. The van der Waals surface area contributed by atoms with Crippen molar-refractivity contribution in [2.45, 2.75) is 19.9 Å². The van der Waals surface area contributed by atoms with Gasteiger partial charge in [-0.3, -0.25) is 9.69 Å². The summed E-state index contributed by atoms with van der Waals surface area (Å²) in [7, 11) is 1.59. The molecule has 25 heavy (non-hydrogen) atoms. The summed E-state index contributed by atoms with van der Waals surface area (Å²) in [5.74, 6) is 0.565. The molecule has 0 saturated heterocycles. The van der Waals surface area contributed by atoms with E-state index in [0.29, 0.717) is 22.9 Å². The number of hydrogen-bond acceptors (Lipinski definition) is 3. The molecule has 0 aliphatic rings. The van der Waals surface area contributed by atoms with E-state index in [9.17, 15) is 4.79 Å². The number of nitrogens with zero attached hydrogens (tertiary/aromatic N) is 1. The molecule has 0 heterocycles. The van der Waals surface area contributed by atoms with Gasteiger partial charge in [-0.1, -0.05) is 43.6 Å². The maximum Gasteiger partial charge on any atom is 0.251 e. The second-order valence-corrected chi connectivity index (χ2v) is 6.17. The minimum absolute atomic E-state index is 0.0989. The van der Waals surface area contributed by atoms with E-state index in [1.54, 1.807) is 19.2 Å². The molecule has 0 aromatic heterocycles. The van der Waals surface area contributed by atoms with E-state index in [2.05, 4.69) is 24.1 Å². The van der Waals surface area contributed by atoms with Crippen LogP contribution in [0.2, 0.25) is 5.02 Å². The molecule has 2 aromatic carbocycles. The molecule has 0 aliphatic heterocycles. The fourth-order valence-electron chi connectivity index (χ4n) is 2.86. The number of benzene rings is 2. The zero-order valence-electron chi connectivity index (χ0n) is 15.0. The number of halogens is 1. The normalized spacial score (nSPS) is 12.0. The monoisotopic (exact) mass is 360 g/mol. The van der Waals surface area contributed by atoms with Crippen molar-refractivity contribution in [3.8, 4) is 5.75 Å². The number of nitrogens with one attached hydrogen (secondary N) is 1. The molecule has 0 saturated carbocycles. The molecule has 4 nitrogen and oxygen atoms in total. The van der Waals surface area contributed by atoms with Crippen LogP contribution in [0.3, 0.4) is 0 Å². The molecule has 1 N–H and O–H groups in total. The molecule has 1 atom stereocenters. The maximum absolute atomic E-state index is 12.5.